The minimum atomic E-state index is -0.764. The summed E-state index contributed by atoms with van der Waals surface area (Å²) in [7, 11) is 0. The SMILES string of the molecule is Cc1nc(CC(=O)NC[C@@H]2C[C@@H]2C(=O)O)cs1. The van der Waals surface area contributed by atoms with Gasteiger partial charge in [-0.25, -0.2) is 4.98 Å². The number of thiazole rings is 1. The Morgan fingerprint density at radius 1 is 1.65 bits per heavy atom. The number of carboxylic acid groups (broad SMARTS) is 1. The fourth-order valence-electron chi connectivity index (χ4n) is 1.74. The zero-order valence-electron chi connectivity index (χ0n) is 9.47. The highest BCUT2D eigenvalue weighted by molar-refractivity contribution is 7.09. The van der Waals surface area contributed by atoms with E-state index in [0.717, 1.165) is 10.7 Å². The van der Waals surface area contributed by atoms with E-state index >= 15 is 0 Å². The first-order valence-electron chi connectivity index (χ1n) is 5.46. The molecule has 2 atom stereocenters. The molecular formula is C11H14N2O3S. The Labute approximate surface area is 103 Å². The Morgan fingerprint density at radius 3 is 2.94 bits per heavy atom. The molecule has 2 rings (SSSR count). The number of rotatable bonds is 5. The molecule has 0 saturated heterocycles. The van der Waals surface area contributed by atoms with Gasteiger partial charge in [0.05, 0.1) is 23.0 Å². The molecule has 1 aliphatic carbocycles. The van der Waals surface area contributed by atoms with Gasteiger partial charge in [-0.3, -0.25) is 9.59 Å². The third-order valence-corrected chi connectivity index (χ3v) is 3.63. The first-order valence-corrected chi connectivity index (χ1v) is 6.34. The van der Waals surface area contributed by atoms with E-state index in [2.05, 4.69) is 10.3 Å². The Balaban J connectivity index is 1.70. The smallest absolute Gasteiger partial charge is 0.306 e. The van der Waals surface area contributed by atoms with Crippen LogP contribution in [0.15, 0.2) is 5.38 Å². The summed E-state index contributed by atoms with van der Waals surface area (Å²) in [5.41, 5.74) is 0.774. The summed E-state index contributed by atoms with van der Waals surface area (Å²) in [6.07, 6.45) is 0.945. The molecule has 0 aromatic carbocycles. The highest BCUT2D eigenvalue weighted by atomic mass is 32.1. The van der Waals surface area contributed by atoms with Gasteiger partial charge in [-0.1, -0.05) is 0 Å². The second-order valence-electron chi connectivity index (χ2n) is 4.28. The monoisotopic (exact) mass is 254 g/mol. The van der Waals surface area contributed by atoms with Crippen LogP contribution in [0.25, 0.3) is 0 Å². The fourth-order valence-corrected chi connectivity index (χ4v) is 2.35. The highest BCUT2D eigenvalue weighted by Crippen LogP contribution is 2.37. The van der Waals surface area contributed by atoms with Gasteiger partial charge in [-0.2, -0.15) is 0 Å². The van der Waals surface area contributed by atoms with Gasteiger partial charge in [-0.05, 0) is 19.3 Å². The lowest BCUT2D eigenvalue weighted by molar-refractivity contribution is -0.139. The van der Waals surface area contributed by atoms with Crippen LogP contribution in [0.5, 0.6) is 0 Å². The molecule has 17 heavy (non-hydrogen) atoms. The van der Waals surface area contributed by atoms with Crippen molar-refractivity contribution < 1.29 is 14.7 Å². The molecule has 1 amide bonds. The van der Waals surface area contributed by atoms with Gasteiger partial charge in [-0.15, -0.1) is 11.3 Å². The molecule has 1 saturated carbocycles. The molecule has 0 radical (unpaired) electrons. The van der Waals surface area contributed by atoms with Gasteiger partial charge in [0.1, 0.15) is 0 Å². The Morgan fingerprint density at radius 2 is 2.41 bits per heavy atom. The molecule has 0 unspecified atom stereocenters. The number of carbonyl (C=O) groups excluding carboxylic acids is 1. The molecule has 92 valence electrons. The summed E-state index contributed by atoms with van der Waals surface area (Å²) >= 11 is 1.52. The molecule has 1 fully saturated rings. The summed E-state index contributed by atoms with van der Waals surface area (Å²) < 4.78 is 0. The standard InChI is InChI=1S/C11H14N2O3S/c1-6-13-8(5-17-6)3-10(14)12-4-7-2-9(7)11(15)16/h5,7,9H,2-4H2,1H3,(H,12,14)(H,15,16)/t7-,9-/m0/s1. The quantitative estimate of drug-likeness (QED) is 0.815. The van der Waals surface area contributed by atoms with Crippen molar-refractivity contribution in [1.29, 1.82) is 0 Å². The maximum absolute atomic E-state index is 11.5. The van der Waals surface area contributed by atoms with Crippen LogP contribution in [0.1, 0.15) is 17.1 Å². The third kappa shape index (κ3) is 3.26. The first kappa shape index (κ1) is 12.0. The topological polar surface area (TPSA) is 79.3 Å². The molecule has 5 nitrogen and oxygen atoms in total. The number of hydrogen-bond donors (Lipinski definition) is 2. The number of carbonyl (C=O) groups is 2. The molecule has 1 aliphatic rings. The van der Waals surface area contributed by atoms with Crippen molar-refractivity contribution in [2.75, 3.05) is 6.54 Å². The van der Waals surface area contributed by atoms with Crippen molar-refractivity contribution in [2.24, 2.45) is 11.8 Å². The van der Waals surface area contributed by atoms with Crippen LogP contribution < -0.4 is 5.32 Å². The number of carboxylic acids is 1. The number of aryl methyl sites for hydroxylation is 1. The van der Waals surface area contributed by atoms with Crippen LogP contribution in [0, 0.1) is 18.8 Å². The van der Waals surface area contributed by atoms with Crippen LogP contribution in [0.2, 0.25) is 0 Å². The predicted octanol–water partition coefficient (Wildman–Crippen LogP) is 0.831. The third-order valence-electron chi connectivity index (χ3n) is 2.81. The largest absolute Gasteiger partial charge is 0.481 e. The summed E-state index contributed by atoms with van der Waals surface area (Å²) in [6, 6.07) is 0. The minimum absolute atomic E-state index is 0.0914. The maximum atomic E-state index is 11.5. The Bertz CT molecular complexity index is 444. The molecule has 0 aliphatic heterocycles. The van der Waals surface area contributed by atoms with E-state index in [1.807, 2.05) is 12.3 Å². The average Bonchev–Trinajstić information content (AvgIpc) is 2.94. The molecule has 0 bridgehead atoms. The Kier molecular flexibility index (Phi) is 3.42. The van der Waals surface area contributed by atoms with Crippen LogP contribution in [-0.4, -0.2) is 28.5 Å². The summed E-state index contributed by atoms with van der Waals surface area (Å²) in [6.45, 7) is 2.35. The van der Waals surface area contributed by atoms with Gasteiger partial charge in [0.2, 0.25) is 5.91 Å². The second-order valence-corrected chi connectivity index (χ2v) is 5.34. The van der Waals surface area contributed by atoms with Crippen LogP contribution >= 0.6 is 11.3 Å². The fraction of sp³-hybridized carbons (Fsp3) is 0.545. The molecule has 1 aromatic rings. The number of amides is 1. The molecule has 0 spiro atoms. The van der Waals surface area contributed by atoms with Crippen molar-refractivity contribution in [3.63, 3.8) is 0 Å². The van der Waals surface area contributed by atoms with Crippen LogP contribution in [0.4, 0.5) is 0 Å². The zero-order chi connectivity index (χ0) is 12.4. The molecule has 2 N–H and O–H groups in total. The second kappa shape index (κ2) is 4.83. The first-order chi connectivity index (χ1) is 8.06. The van der Waals surface area contributed by atoms with E-state index < -0.39 is 5.97 Å². The number of nitrogens with one attached hydrogen (secondary N) is 1. The van der Waals surface area contributed by atoms with E-state index in [-0.39, 0.29) is 24.2 Å². The lowest BCUT2D eigenvalue weighted by Crippen LogP contribution is -2.28. The maximum Gasteiger partial charge on any atom is 0.306 e. The van der Waals surface area contributed by atoms with Crippen molar-refractivity contribution in [2.45, 2.75) is 19.8 Å². The van der Waals surface area contributed by atoms with Crippen molar-refractivity contribution in [3.8, 4) is 0 Å². The summed E-state index contributed by atoms with van der Waals surface area (Å²) in [5.74, 6) is -1.02. The number of nitrogens with zero attached hydrogens (tertiary/aromatic N) is 1. The molecule has 1 aromatic heterocycles. The molecule has 1 heterocycles. The van der Waals surface area contributed by atoms with Gasteiger partial charge >= 0.3 is 5.97 Å². The van der Waals surface area contributed by atoms with Gasteiger partial charge in [0.15, 0.2) is 0 Å². The van der Waals surface area contributed by atoms with Crippen LogP contribution in [0.3, 0.4) is 0 Å². The van der Waals surface area contributed by atoms with E-state index in [1.165, 1.54) is 11.3 Å². The predicted molar refractivity (Wildman–Crippen MR) is 62.8 cm³/mol. The Hall–Kier alpha value is -1.43. The van der Waals surface area contributed by atoms with Crippen molar-refractivity contribution in [3.05, 3.63) is 16.1 Å². The van der Waals surface area contributed by atoms with Crippen molar-refractivity contribution >= 4 is 23.2 Å². The van der Waals surface area contributed by atoms with E-state index in [4.69, 9.17) is 5.11 Å². The number of hydrogen-bond acceptors (Lipinski definition) is 4. The molecular weight excluding hydrogens is 240 g/mol. The lowest BCUT2D eigenvalue weighted by atomic mass is 10.3. The van der Waals surface area contributed by atoms with Gasteiger partial charge in [0, 0.05) is 11.9 Å². The van der Waals surface area contributed by atoms with E-state index in [0.29, 0.717) is 13.0 Å². The normalized spacial score (nSPS) is 22.2. The minimum Gasteiger partial charge on any atom is -0.481 e. The summed E-state index contributed by atoms with van der Waals surface area (Å²) in [5, 5.41) is 14.3. The van der Waals surface area contributed by atoms with Crippen molar-refractivity contribution in [1.82, 2.24) is 10.3 Å². The van der Waals surface area contributed by atoms with E-state index in [9.17, 15) is 9.59 Å². The number of aromatic nitrogens is 1. The zero-order valence-corrected chi connectivity index (χ0v) is 10.3. The average molecular weight is 254 g/mol. The number of aliphatic carboxylic acids is 1. The van der Waals surface area contributed by atoms with Gasteiger partial charge < -0.3 is 10.4 Å². The van der Waals surface area contributed by atoms with E-state index in [1.54, 1.807) is 0 Å². The summed E-state index contributed by atoms with van der Waals surface area (Å²) in [4.78, 5) is 26.3. The lowest BCUT2D eigenvalue weighted by Gasteiger charge is -2.02. The highest BCUT2D eigenvalue weighted by Gasteiger charge is 2.42. The van der Waals surface area contributed by atoms with Crippen LogP contribution in [-0.2, 0) is 16.0 Å². The van der Waals surface area contributed by atoms with Gasteiger partial charge in [0.25, 0.3) is 0 Å². The molecule has 6 heteroatoms.